The number of hydrogen-bond acceptors (Lipinski definition) is 4. The zero-order valence-corrected chi connectivity index (χ0v) is 11.7. The van der Waals surface area contributed by atoms with Gasteiger partial charge in [0.2, 0.25) is 0 Å². The molecule has 1 fully saturated rings. The fraction of sp³-hybridized carbons (Fsp3) is 0.533. The Morgan fingerprint density at radius 1 is 1.50 bits per heavy atom. The number of nitrogens with zero attached hydrogens (tertiary/aromatic N) is 1. The van der Waals surface area contributed by atoms with Gasteiger partial charge in [0.25, 0.3) is 5.91 Å². The normalized spacial score (nSPS) is 20.7. The Labute approximate surface area is 119 Å². The van der Waals surface area contributed by atoms with Crippen LogP contribution in [0.4, 0.5) is 0 Å². The maximum absolute atomic E-state index is 12.2. The smallest absolute Gasteiger partial charge is 0.251 e. The van der Waals surface area contributed by atoms with E-state index in [4.69, 9.17) is 14.6 Å². The molecule has 0 saturated carbocycles. The van der Waals surface area contributed by atoms with Crippen LogP contribution in [0.15, 0.2) is 30.3 Å². The summed E-state index contributed by atoms with van der Waals surface area (Å²) in [6, 6.07) is 9.76. The topological polar surface area (TPSA) is 59.0 Å². The van der Waals surface area contributed by atoms with E-state index in [-0.39, 0.29) is 18.6 Å². The summed E-state index contributed by atoms with van der Waals surface area (Å²) < 4.78 is 10.9. The van der Waals surface area contributed by atoms with Gasteiger partial charge in [-0.2, -0.15) is 0 Å². The van der Waals surface area contributed by atoms with Crippen molar-refractivity contribution in [3.8, 4) is 0 Å². The second-order valence-corrected chi connectivity index (χ2v) is 4.90. The summed E-state index contributed by atoms with van der Waals surface area (Å²) in [6.07, 6.45) is -0.776. The summed E-state index contributed by atoms with van der Waals surface area (Å²) in [5.74, 6) is -0.0531. The van der Waals surface area contributed by atoms with Gasteiger partial charge >= 0.3 is 0 Å². The average Bonchev–Trinajstić information content (AvgIpc) is 2.53. The van der Waals surface area contributed by atoms with Gasteiger partial charge in [0, 0.05) is 13.1 Å². The number of amides is 1. The molecular formula is C15H21NO4. The molecule has 1 aliphatic heterocycles. The van der Waals surface area contributed by atoms with E-state index in [9.17, 15) is 4.79 Å². The first-order chi connectivity index (χ1) is 9.70. The predicted octanol–water partition coefficient (Wildman–Crippen LogP) is 0.811. The quantitative estimate of drug-likeness (QED) is 0.866. The Hall–Kier alpha value is -1.43. The predicted molar refractivity (Wildman–Crippen MR) is 74.1 cm³/mol. The first-order valence-corrected chi connectivity index (χ1v) is 6.87. The zero-order chi connectivity index (χ0) is 14.4. The lowest BCUT2D eigenvalue weighted by atomic mass is 10.2. The van der Waals surface area contributed by atoms with Crippen LogP contribution in [0.2, 0.25) is 0 Å². The molecule has 0 aliphatic carbocycles. The number of rotatable bonds is 5. The summed E-state index contributed by atoms with van der Waals surface area (Å²) in [5, 5.41) is 9.09. The van der Waals surface area contributed by atoms with E-state index in [2.05, 4.69) is 0 Å². The maximum Gasteiger partial charge on any atom is 0.251 e. The van der Waals surface area contributed by atoms with Crippen molar-refractivity contribution >= 4 is 5.91 Å². The third-order valence-corrected chi connectivity index (χ3v) is 3.34. The lowest BCUT2D eigenvalue weighted by Gasteiger charge is -2.33. The molecule has 0 spiro atoms. The van der Waals surface area contributed by atoms with E-state index in [1.807, 2.05) is 30.3 Å². The average molecular weight is 279 g/mol. The number of hydrogen-bond donors (Lipinski definition) is 1. The molecule has 0 bridgehead atoms. The fourth-order valence-electron chi connectivity index (χ4n) is 2.15. The van der Waals surface area contributed by atoms with E-state index in [1.165, 1.54) is 0 Å². The van der Waals surface area contributed by atoms with Crippen LogP contribution in [0.1, 0.15) is 12.5 Å². The van der Waals surface area contributed by atoms with Crippen LogP contribution in [0.3, 0.4) is 0 Å². The Balaban J connectivity index is 1.82. The molecule has 1 saturated heterocycles. The van der Waals surface area contributed by atoms with Crippen LogP contribution >= 0.6 is 0 Å². The lowest BCUT2D eigenvalue weighted by molar-refractivity contribution is -0.152. The van der Waals surface area contributed by atoms with E-state index < -0.39 is 6.10 Å². The highest BCUT2D eigenvalue weighted by Gasteiger charge is 2.27. The summed E-state index contributed by atoms with van der Waals surface area (Å²) in [6.45, 7) is 3.55. The fourth-order valence-corrected chi connectivity index (χ4v) is 2.15. The highest BCUT2D eigenvalue weighted by atomic mass is 16.5. The number of ether oxygens (including phenoxy) is 2. The number of aliphatic hydroxyl groups is 1. The summed E-state index contributed by atoms with van der Waals surface area (Å²) in [7, 11) is 0. The van der Waals surface area contributed by atoms with E-state index in [0.717, 1.165) is 5.56 Å². The molecule has 1 N–H and O–H groups in total. The molecule has 5 nitrogen and oxygen atoms in total. The molecular weight excluding hydrogens is 258 g/mol. The Bertz CT molecular complexity index is 423. The number of aliphatic hydroxyl groups excluding tert-OH is 1. The van der Waals surface area contributed by atoms with E-state index in [1.54, 1.807) is 11.8 Å². The summed E-state index contributed by atoms with van der Waals surface area (Å²) in [5.41, 5.74) is 1.04. The van der Waals surface area contributed by atoms with Crippen LogP contribution < -0.4 is 0 Å². The second kappa shape index (κ2) is 7.38. The van der Waals surface area contributed by atoms with Crippen LogP contribution in [-0.4, -0.2) is 54.4 Å². The minimum atomic E-state index is -0.493. The molecule has 1 aromatic carbocycles. The van der Waals surface area contributed by atoms with Crippen molar-refractivity contribution in [2.24, 2.45) is 0 Å². The van der Waals surface area contributed by atoms with E-state index in [0.29, 0.717) is 26.3 Å². The van der Waals surface area contributed by atoms with Gasteiger partial charge in [-0.15, -0.1) is 0 Å². The van der Waals surface area contributed by atoms with Crippen molar-refractivity contribution in [3.05, 3.63) is 35.9 Å². The Morgan fingerprint density at radius 2 is 2.25 bits per heavy atom. The van der Waals surface area contributed by atoms with Gasteiger partial charge < -0.3 is 19.5 Å². The van der Waals surface area contributed by atoms with Gasteiger partial charge in [-0.1, -0.05) is 30.3 Å². The summed E-state index contributed by atoms with van der Waals surface area (Å²) >= 11 is 0. The molecule has 0 radical (unpaired) electrons. The number of carbonyl (C=O) groups excluding carboxylic acids is 1. The molecule has 5 heteroatoms. The third-order valence-electron chi connectivity index (χ3n) is 3.34. The molecule has 20 heavy (non-hydrogen) atoms. The number of benzene rings is 1. The van der Waals surface area contributed by atoms with Crippen molar-refractivity contribution in [1.82, 2.24) is 4.90 Å². The van der Waals surface area contributed by atoms with Gasteiger partial charge in [0.15, 0.2) is 0 Å². The third kappa shape index (κ3) is 4.03. The lowest BCUT2D eigenvalue weighted by Crippen LogP contribution is -2.50. The molecule has 2 unspecified atom stereocenters. The van der Waals surface area contributed by atoms with Gasteiger partial charge in [0.1, 0.15) is 6.10 Å². The van der Waals surface area contributed by atoms with E-state index >= 15 is 0 Å². The van der Waals surface area contributed by atoms with Crippen molar-refractivity contribution in [1.29, 1.82) is 0 Å². The van der Waals surface area contributed by atoms with Crippen LogP contribution in [0.5, 0.6) is 0 Å². The molecule has 2 atom stereocenters. The largest absolute Gasteiger partial charge is 0.394 e. The highest BCUT2D eigenvalue weighted by Crippen LogP contribution is 2.10. The minimum Gasteiger partial charge on any atom is -0.394 e. The van der Waals surface area contributed by atoms with Gasteiger partial charge in [-0.3, -0.25) is 4.79 Å². The highest BCUT2D eigenvalue weighted by molar-refractivity contribution is 5.80. The van der Waals surface area contributed by atoms with Crippen LogP contribution in [0.25, 0.3) is 0 Å². The Morgan fingerprint density at radius 3 is 2.95 bits per heavy atom. The molecule has 1 heterocycles. The van der Waals surface area contributed by atoms with Gasteiger partial charge in [-0.05, 0) is 12.5 Å². The van der Waals surface area contributed by atoms with Crippen LogP contribution in [-0.2, 0) is 20.9 Å². The van der Waals surface area contributed by atoms with Crippen molar-refractivity contribution < 1.29 is 19.4 Å². The number of carbonyl (C=O) groups is 1. The SMILES string of the molecule is CC(OCc1ccccc1)C(=O)N1CCOC(CO)C1. The van der Waals surface area contributed by atoms with Gasteiger partial charge in [0.05, 0.1) is 25.9 Å². The van der Waals surface area contributed by atoms with Gasteiger partial charge in [-0.25, -0.2) is 0 Å². The zero-order valence-electron chi connectivity index (χ0n) is 11.7. The van der Waals surface area contributed by atoms with Crippen LogP contribution in [0, 0.1) is 0 Å². The van der Waals surface area contributed by atoms with Crippen molar-refractivity contribution in [2.45, 2.75) is 25.7 Å². The number of morpholine rings is 1. The first-order valence-electron chi connectivity index (χ1n) is 6.87. The molecule has 110 valence electrons. The molecule has 1 aliphatic rings. The maximum atomic E-state index is 12.2. The molecule has 0 aromatic heterocycles. The molecule has 1 amide bonds. The van der Waals surface area contributed by atoms with Crippen molar-refractivity contribution in [2.75, 3.05) is 26.3 Å². The monoisotopic (exact) mass is 279 g/mol. The molecule has 1 aromatic rings. The standard InChI is InChI=1S/C15H21NO4/c1-12(20-11-13-5-3-2-4-6-13)15(18)16-7-8-19-14(9-16)10-17/h2-6,12,14,17H,7-11H2,1H3. The van der Waals surface area contributed by atoms with Crippen molar-refractivity contribution in [3.63, 3.8) is 0 Å². The first kappa shape index (κ1) is 15.0. The minimum absolute atomic E-state index is 0.0531. The molecule has 2 rings (SSSR count). The second-order valence-electron chi connectivity index (χ2n) is 4.90. The summed E-state index contributed by atoms with van der Waals surface area (Å²) in [4.78, 5) is 13.9. The Kier molecular flexibility index (Phi) is 5.52.